The molecule has 1 aliphatic heterocycles. The number of aromatic amines is 2. The fourth-order valence-corrected chi connectivity index (χ4v) is 2.73. The third kappa shape index (κ3) is 2.03. The standard InChI is InChI=1S/C15H13N5O2/c21-14-18-11-7-10(8-16-13(11)19-14)17-15(22)20-6-5-9-3-1-2-4-12(9)20/h1-4,7-8H,5-6H2,(H,17,22)(H2,16,18,19,21). The largest absolute Gasteiger partial charge is 0.326 e. The van der Waals surface area contributed by atoms with Crippen molar-refractivity contribution in [1.82, 2.24) is 15.0 Å². The third-order valence-corrected chi connectivity index (χ3v) is 3.75. The van der Waals surface area contributed by atoms with E-state index in [1.807, 2.05) is 24.3 Å². The Morgan fingerprint density at radius 3 is 3.05 bits per heavy atom. The van der Waals surface area contributed by atoms with Gasteiger partial charge in [0.25, 0.3) is 0 Å². The molecule has 0 saturated heterocycles. The van der Waals surface area contributed by atoms with Crippen molar-refractivity contribution < 1.29 is 4.79 Å². The molecule has 0 unspecified atom stereocenters. The lowest BCUT2D eigenvalue weighted by Gasteiger charge is -2.17. The van der Waals surface area contributed by atoms with Gasteiger partial charge in [-0.15, -0.1) is 0 Å². The molecule has 110 valence electrons. The Labute approximate surface area is 125 Å². The van der Waals surface area contributed by atoms with E-state index in [9.17, 15) is 9.59 Å². The number of fused-ring (bicyclic) bond motifs is 2. The first-order valence-corrected chi connectivity index (χ1v) is 6.95. The molecule has 7 heteroatoms. The summed E-state index contributed by atoms with van der Waals surface area (Å²) in [5.74, 6) is 0. The molecule has 22 heavy (non-hydrogen) atoms. The predicted octanol–water partition coefficient (Wildman–Crippen LogP) is 1.85. The van der Waals surface area contributed by atoms with Crippen LogP contribution in [0.25, 0.3) is 11.2 Å². The molecular weight excluding hydrogens is 282 g/mol. The number of anilines is 2. The van der Waals surface area contributed by atoms with Crippen molar-refractivity contribution in [2.24, 2.45) is 0 Å². The molecule has 0 radical (unpaired) electrons. The molecule has 2 aromatic heterocycles. The number of nitrogens with one attached hydrogen (secondary N) is 3. The van der Waals surface area contributed by atoms with Gasteiger partial charge in [0.05, 0.1) is 17.4 Å². The maximum Gasteiger partial charge on any atom is 0.326 e. The fourth-order valence-electron chi connectivity index (χ4n) is 2.73. The van der Waals surface area contributed by atoms with Crippen LogP contribution >= 0.6 is 0 Å². The van der Waals surface area contributed by atoms with Crippen LogP contribution in [0.4, 0.5) is 16.2 Å². The molecule has 7 nitrogen and oxygen atoms in total. The number of imidazole rings is 1. The first kappa shape index (κ1) is 12.6. The van der Waals surface area contributed by atoms with Crippen LogP contribution in [0.5, 0.6) is 0 Å². The van der Waals surface area contributed by atoms with Gasteiger partial charge < -0.3 is 10.3 Å². The maximum absolute atomic E-state index is 12.4. The monoisotopic (exact) mass is 295 g/mol. The highest BCUT2D eigenvalue weighted by atomic mass is 16.2. The Bertz CT molecular complexity index is 927. The van der Waals surface area contributed by atoms with Crippen molar-refractivity contribution in [3.05, 3.63) is 52.6 Å². The topological polar surface area (TPSA) is 93.9 Å². The molecule has 1 aromatic carbocycles. The van der Waals surface area contributed by atoms with Crippen molar-refractivity contribution in [1.29, 1.82) is 0 Å². The zero-order valence-corrected chi connectivity index (χ0v) is 11.6. The van der Waals surface area contributed by atoms with E-state index in [1.165, 1.54) is 11.8 Å². The minimum absolute atomic E-state index is 0.205. The molecule has 0 saturated carbocycles. The summed E-state index contributed by atoms with van der Waals surface area (Å²) in [6.45, 7) is 0.655. The van der Waals surface area contributed by atoms with Crippen LogP contribution in [0.1, 0.15) is 5.56 Å². The van der Waals surface area contributed by atoms with Gasteiger partial charge in [-0.05, 0) is 24.1 Å². The highest BCUT2D eigenvalue weighted by molar-refractivity contribution is 6.03. The Kier molecular flexibility index (Phi) is 2.72. The predicted molar refractivity (Wildman–Crippen MR) is 83.2 cm³/mol. The van der Waals surface area contributed by atoms with Crippen molar-refractivity contribution in [2.75, 3.05) is 16.8 Å². The number of carbonyl (C=O) groups is 1. The summed E-state index contributed by atoms with van der Waals surface area (Å²) in [6, 6.07) is 9.33. The second kappa shape index (κ2) is 4.73. The molecule has 0 aliphatic carbocycles. The van der Waals surface area contributed by atoms with E-state index in [2.05, 4.69) is 20.3 Å². The number of aromatic nitrogens is 3. The maximum atomic E-state index is 12.4. The van der Waals surface area contributed by atoms with E-state index < -0.39 is 0 Å². The number of pyridine rings is 1. The number of nitrogens with zero attached hydrogens (tertiary/aromatic N) is 2. The number of hydrogen-bond donors (Lipinski definition) is 3. The number of amides is 2. The lowest BCUT2D eigenvalue weighted by molar-refractivity contribution is 0.257. The summed E-state index contributed by atoms with van der Waals surface area (Å²) in [4.78, 5) is 34.6. The van der Waals surface area contributed by atoms with Gasteiger partial charge in [-0.3, -0.25) is 9.88 Å². The number of rotatable bonds is 1. The number of carbonyl (C=O) groups excluding carboxylic acids is 1. The summed E-state index contributed by atoms with van der Waals surface area (Å²) in [5, 5.41) is 2.81. The molecular formula is C15H13N5O2. The molecule has 3 N–H and O–H groups in total. The Morgan fingerprint density at radius 1 is 1.27 bits per heavy atom. The van der Waals surface area contributed by atoms with E-state index in [4.69, 9.17) is 0 Å². The minimum atomic E-state index is -0.320. The van der Waals surface area contributed by atoms with Crippen LogP contribution in [0.3, 0.4) is 0 Å². The van der Waals surface area contributed by atoms with Crippen molar-refractivity contribution in [3.8, 4) is 0 Å². The Morgan fingerprint density at radius 2 is 2.14 bits per heavy atom. The summed E-state index contributed by atoms with van der Waals surface area (Å²) < 4.78 is 0. The second-order valence-electron chi connectivity index (χ2n) is 5.16. The first-order chi connectivity index (χ1) is 10.7. The molecule has 4 rings (SSSR count). The summed E-state index contributed by atoms with van der Waals surface area (Å²) in [6.07, 6.45) is 2.37. The Hall–Kier alpha value is -3.09. The highest BCUT2D eigenvalue weighted by Gasteiger charge is 2.24. The molecule has 2 amide bonds. The van der Waals surface area contributed by atoms with Crippen molar-refractivity contribution in [3.63, 3.8) is 0 Å². The third-order valence-electron chi connectivity index (χ3n) is 3.75. The van der Waals surface area contributed by atoms with Crippen molar-refractivity contribution in [2.45, 2.75) is 6.42 Å². The summed E-state index contributed by atoms with van der Waals surface area (Å²) in [5.41, 5.74) is 3.35. The van der Waals surface area contributed by atoms with Gasteiger partial charge >= 0.3 is 11.7 Å². The van der Waals surface area contributed by atoms with E-state index in [0.29, 0.717) is 23.4 Å². The molecule has 0 bridgehead atoms. The SMILES string of the molecule is O=C(Nc1cnc2[nH]c(=O)[nH]c2c1)N1CCc2ccccc21. The van der Waals surface area contributed by atoms with Gasteiger partial charge in [0.15, 0.2) is 5.65 Å². The lowest BCUT2D eigenvalue weighted by atomic mass is 10.2. The van der Waals surface area contributed by atoms with Crippen molar-refractivity contribution >= 4 is 28.6 Å². The highest BCUT2D eigenvalue weighted by Crippen LogP contribution is 2.28. The minimum Gasteiger partial charge on any atom is -0.306 e. The second-order valence-corrected chi connectivity index (χ2v) is 5.16. The molecule has 0 fully saturated rings. The lowest BCUT2D eigenvalue weighted by Crippen LogP contribution is -2.33. The van der Waals surface area contributed by atoms with Gasteiger partial charge in [0.2, 0.25) is 0 Å². The van der Waals surface area contributed by atoms with Crippen LogP contribution in [-0.2, 0) is 6.42 Å². The zero-order valence-electron chi connectivity index (χ0n) is 11.6. The first-order valence-electron chi connectivity index (χ1n) is 6.95. The van der Waals surface area contributed by atoms with E-state index in [1.54, 1.807) is 11.0 Å². The summed E-state index contributed by atoms with van der Waals surface area (Å²) in [7, 11) is 0. The number of H-pyrrole nitrogens is 2. The van der Waals surface area contributed by atoms with E-state index >= 15 is 0 Å². The molecule has 1 aliphatic rings. The van der Waals surface area contributed by atoms with Crippen LogP contribution in [0.15, 0.2) is 41.3 Å². The zero-order chi connectivity index (χ0) is 15.1. The number of urea groups is 1. The molecule has 0 spiro atoms. The van der Waals surface area contributed by atoms with Gasteiger partial charge in [0, 0.05) is 12.2 Å². The Balaban J connectivity index is 1.60. The quantitative estimate of drug-likeness (QED) is 0.639. The summed E-state index contributed by atoms with van der Waals surface area (Å²) >= 11 is 0. The van der Waals surface area contributed by atoms with Gasteiger partial charge in [-0.1, -0.05) is 18.2 Å². The van der Waals surface area contributed by atoms with E-state index in [-0.39, 0.29) is 11.7 Å². The van der Waals surface area contributed by atoms with Gasteiger partial charge in [-0.25, -0.2) is 14.6 Å². The average molecular weight is 295 g/mol. The smallest absolute Gasteiger partial charge is 0.306 e. The molecule has 3 aromatic rings. The van der Waals surface area contributed by atoms with Crippen LogP contribution in [-0.4, -0.2) is 27.5 Å². The van der Waals surface area contributed by atoms with Crippen LogP contribution in [0.2, 0.25) is 0 Å². The molecule has 0 atom stereocenters. The number of hydrogen-bond acceptors (Lipinski definition) is 3. The number of para-hydroxylation sites is 1. The average Bonchev–Trinajstić information content (AvgIpc) is 3.09. The number of benzene rings is 1. The van der Waals surface area contributed by atoms with E-state index in [0.717, 1.165) is 12.1 Å². The van der Waals surface area contributed by atoms with Crippen LogP contribution < -0.4 is 15.9 Å². The van der Waals surface area contributed by atoms with Gasteiger partial charge in [-0.2, -0.15) is 0 Å². The van der Waals surface area contributed by atoms with Gasteiger partial charge in [0.1, 0.15) is 0 Å². The fraction of sp³-hybridized carbons (Fsp3) is 0.133. The molecule has 3 heterocycles. The normalized spacial score (nSPS) is 13.4. The van der Waals surface area contributed by atoms with Crippen LogP contribution in [0, 0.1) is 0 Å².